The normalized spacial score (nSPS) is 11.5. The van der Waals surface area contributed by atoms with E-state index in [1.54, 1.807) is 0 Å². The van der Waals surface area contributed by atoms with Crippen molar-refractivity contribution in [2.45, 2.75) is 67.1 Å². The molecule has 17 N–H and O–H groups in total. The Labute approximate surface area is 342 Å². The number of carbonyl (C=O) groups excluding carboxylic acids is 2. The maximum atomic E-state index is 14.5. The number of nitrogens with two attached hydrogens (primary N) is 7. The number of amidine groups is 1. The van der Waals surface area contributed by atoms with Crippen LogP contribution in [0.2, 0.25) is 0 Å². The number of benzene rings is 3. The van der Waals surface area contributed by atoms with Crippen molar-refractivity contribution in [2.75, 3.05) is 61.5 Å². The van der Waals surface area contributed by atoms with Crippen molar-refractivity contribution in [2.24, 2.45) is 45.1 Å². The Balaban J connectivity index is 2.29. The van der Waals surface area contributed by atoms with Gasteiger partial charge in [0.1, 0.15) is 24.7 Å². The molecule has 56 heavy (non-hydrogen) atoms. The lowest BCUT2D eigenvalue weighted by Gasteiger charge is -2.24. The highest BCUT2D eigenvalue weighted by Gasteiger charge is 2.27. The van der Waals surface area contributed by atoms with Crippen LogP contribution in [-0.4, -0.2) is 73.8 Å². The molecule has 0 saturated heterocycles. The summed E-state index contributed by atoms with van der Waals surface area (Å²) in [5, 5.41) is 14.0. The Hall–Kier alpha value is -4.17. The first-order chi connectivity index (χ1) is 26.3. The molecule has 0 aliphatic carbocycles. The fourth-order valence-electron chi connectivity index (χ4n) is 5.18. The van der Waals surface area contributed by atoms with E-state index in [2.05, 4.69) is 15.6 Å². The number of nitrogens with one attached hydrogen (secondary N) is 3. The molecule has 3 aromatic rings. The number of thioether (sulfide) groups is 3. The molecule has 3 rings (SSSR count). The number of rotatable bonds is 18. The smallest absolute Gasteiger partial charge is 0.259 e. The van der Waals surface area contributed by atoms with Crippen molar-refractivity contribution in [1.82, 2.24) is 0 Å². The molecule has 0 atom stereocenters. The Morgan fingerprint density at radius 3 is 1.57 bits per heavy atom. The second-order valence-corrected chi connectivity index (χ2v) is 17.8. The van der Waals surface area contributed by atoms with E-state index < -0.39 is 11.8 Å². The summed E-state index contributed by atoms with van der Waals surface area (Å²) < 4.78 is 12.0. The summed E-state index contributed by atoms with van der Waals surface area (Å²) in [5.74, 6) is 0.0377. The predicted octanol–water partition coefficient (Wildman–Crippen LogP) is 4.45. The molecule has 0 heterocycles. The number of nitrogens with zero attached hydrogens (tertiary/aromatic N) is 1. The van der Waals surface area contributed by atoms with Gasteiger partial charge in [0.2, 0.25) is 0 Å². The molecular weight excluding hydrogens is 771 g/mol. The molecule has 0 aliphatic heterocycles. The van der Waals surface area contributed by atoms with Gasteiger partial charge in [-0.3, -0.25) is 15.0 Å². The predicted molar refractivity (Wildman–Crippen MR) is 235 cm³/mol. The molecule has 0 spiro atoms. The third-order valence-electron chi connectivity index (χ3n) is 7.87. The minimum absolute atomic E-state index is 0.0389. The van der Waals surface area contributed by atoms with E-state index in [4.69, 9.17) is 55.0 Å². The highest BCUT2D eigenvalue weighted by atomic mass is 32.2. The highest BCUT2D eigenvalue weighted by Crippen LogP contribution is 2.43. The van der Waals surface area contributed by atoms with Gasteiger partial charge >= 0.3 is 0 Å². The minimum Gasteiger partial charge on any atom is -0.491 e. The molecule has 18 heteroatoms. The van der Waals surface area contributed by atoms with Crippen LogP contribution in [0, 0.1) is 5.41 Å². The van der Waals surface area contributed by atoms with Crippen molar-refractivity contribution in [1.29, 1.82) is 5.41 Å². The fraction of sp³-hybridized carbons (Fsp3) is 0.421. The van der Waals surface area contributed by atoms with Gasteiger partial charge in [0.25, 0.3) is 11.8 Å². The van der Waals surface area contributed by atoms with Gasteiger partial charge in [-0.15, -0.1) is 23.5 Å². The van der Waals surface area contributed by atoms with Gasteiger partial charge in [0, 0.05) is 53.5 Å². The average Bonchev–Trinajstić information content (AvgIpc) is 3.10. The Morgan fingerprint density at radius 2 is 1.14 bits per heavy atom. The Morgan fingerprint density at radius 1 is 0.679 bits per heavy atom. The summed E-state index contributed by atoms with van der Waals surface area (Å²) in [6, 6.07) is 10.5. The topological polar surface area (TPSA) is 295 Å². The zero-order valence-electron chi connectivity index (χ0n) is 33.0. The van der Waals surface area contributed by atoms with E-state index in [1.165, 1.54) is 35.7 Å². The second-order valence-electron chi connectivity index (χ2n) is 14.5. The molecule has 15 nitrogen and oxygen atoms in total. The molecule has 0 saturated carbocycles. The van der Waals surface area contributed by atoms with E-state index >= 15 is 0 Å². The lowest BCUT2D eigenvalue weighted by molar-refractivity contribution is 0.102. The van der Waals surface area contributed by atoms with Crippen molar-refractivity contribution >= 4 is 75.3 Å². The fourth-order valence-corrected chi connectivity index (χ4v) is 7.73. The molecule has 0 aromatic heterocycles. The first-order valence-corrected chi connectivity index (χ1v) is 20.7. The molecule has 0 aliphatic rings. The van der Waals surface area contributed by atoms with Crippen molar-refractivity contribution < 1.29 is 19.1 Å². The molecule has 0 unspecified atom stereocenters. The lowest BCUT2D eigenvalue weighted by atomic mass is 9.86. The summed E-state index contributed by atoms with van der Waals surface area (Å²) in [7, 11) is 0. The zero-order valence-corrected chi connectivity index (χ0v) is 35.4. The van der Waals surface area contributed by atoms with Crippen LogP contribution in [0.4, 0.5) is 17.1 Å². The van der Waals surface area contributed by atoms with Crippen LogP contribution in [0.1, 0.15) is 73.4 Å². The highest BCUT2D eigenvalue weighted by molar-refractivity contribution is 8.14. The number of anilines is 2. The van der Waals surface area contributed by atoms with Gasteiger partial charge < -0.3 is 60.2 Å². The molecule has 0 bridgehead atoms. The molecule has 3 aromatic carbocycles. The summed E-state index contributed by atoms with van der Waals surface area (Å²) in [4.78, 5) is 35.3. The molecule has 306 valence electrons. The van der Waals surface area contributed by atoms with Crippen LogP contribution >= 0.6 is 35.3 Å². The second kappa shape index (κ2) is 20.8. The zero-order chi connectivity index (χ0) is 41.8. The molecule has 0 fully saturated rings. The van der Waals surface area contributed by atoms with Gasteiger partial charge in [-0.2, -0.15) is 0 Å². The number of amides is 2. The molecular formula is C38H57N11O4S3. The first-order valence-electron chi connectivity index (χ1n) is 17.9. The summed E-state index contributed by atoms with van der Waals surface area (Å²) >= 11 is 3.91. The van der Waals surface area contributed by atoms with E-state index in [0.29, 0.717) is 56.3 Å². The van der Waals surface area contributed by atoms with E-state index in [0.717, 1.165) is 22.9 Å². The largest absolute Gasteiger partial charge is 0.491 e. The maximum absolute atomic E-state index is 14.5. The lowest BCUT2D eigenvalue weighted by Crippen LogP contribution is -2.23. The quantitative estimate of drug-likeness (QED) is 0.0482. The van der Waals surface area contributed by atoms with Crippen LogP contribution in [0.3, 0.4) is 0 Å². The van der Waals surface area contributed by atoms with Gasteiger partial charge in [0.05, 0.1) is 33.1 Å². The van der Waals surface area contributed by atoms with Crippen LogP contribution in [-0.2, 0) is 10.8 Å². The summed E-state index contributed by atoms with van der Waals surface area (Å²) in [6.07, 6.45) is 0. The number of guanidine groups is 1. The number of hydrogen-bond donors (Lipinski definition) is 10. The Bertz CT molecular complexity index is 1910. The van der Waals surface area contributed by atoms with Gasteiger partial charge in [0.15, 0.2) is 11.1 Å². The van der Waals surface area contributed by atoms with Crippen molar-refractivity contribution in [3.63, 3.8) is 0 Å². The standard InChI is InChI=1S/C38H57N11O4S3/c1-37(2,3)21-15-25(31(54-13-9-41)26(16-21)49-35(43)44)47-33(50)23-19-24(29(53-12-8-40)20-28(23)52-11-7-39)34(51)48-27-17-22(38(4,5)6)18-30(56-36(45)46)32(27)55-14-10-42/h15-20H,7-14,39-42H2,1-6H3,(H3,45,46)(H,47,50)(H,48,51)(H4,43,44,49). The van der Waals surface area contributed by atoms with Crippen LogP contribution in [0.25, 0.3) is 0 Å². The third kappa shape index (κ3) is 12.9. The minimum atomic E-state index is -0.582. The van der Waals surface area contributed by atoms with Crippen molar-refractivity contribution in [3.05, 3.63) is 58.7 Å². The maximum Gasteiger partial charge on any atom is 0.259 e. The SMILES string of the molecule is CC(C)(C)c1cc(N=C(N)N)c(SCCN)c(NC(=O)c2cc(C(=O)Nc3cc(C(C)(C)C)cc(SC(=N)N)c3SCCN)c(OCCN)cc2OCCN)c1. The van der Waals surface area contributed by atoms with Crippen molar-refractivity contribution in [3.8, 4) is 11.5 Å². The number of hydrogen-bond acceptors (Lipinski definition) is 13. The van der Waals surface area contributed by atoms with E-state index in [1.807, 2.05) is 65.8 Å². The number of aliphatic imine (C=N–C) groups is 1. The van der Waals surface area contributed by atoms with Gasteiger partial charge in [-0.1, -0.05) is 53.3 Å². The van der Waals surface area contributed by atoms with Crippen LogP contribution < -0.4 is 60.2 Å². The van der Waals surface area contributed by atoms with E-state index in [-0.39, 0.29) is 70.9 Å². The van der Waals surface area contributed by atoms with Crippen LogP contribution in [0.5, 0.6) is 11.5 Å². The monoisotopic (exact) mass is 827 g/mol. The van der Waals surface area contributed by atoms with Gasteiger partial charge in [-0.25, -0.2) is 4.99 Å². The summed E-state index contributed by atoms with van der Waals surface area (Å²) in [5.41, 5.74) is 43.5. The average molecular weight is 828 g/mol. The number of ether oxygens (including phenoxy) is 2. The summed E-state index contributed by atoms with van der Waals surface area (Å²) in [6.45, 7) is 13.4. The Kier molecular flexibility index (Phi) is 17.2. The molecule has 0 radical (unpaired) electrons. The van der Waals surface area contributed by atoms with Crippen LogP contribution in [0.15, 0.2) is 56.1 Å². The first kappa shape index (κ1) is 46.2. The van der Waals surface area contributed by atoms with E-state index in [9.17, 15) is 9.59 Å². The number of carbonyl (C=O) groups is 2. The molecule has 2 amide bonds. The van der Waals surface area contributed by atoms with Gasteiger partial charge in [-0.05, 0) is 52.3 Å². The third-order valence-corrected chi connectivity index (χ3v) is 11.1.